The first-order chi connectivity index (χ1) is 19.2. The predicted molar refractivity (Wildman–Crippen MR) is 149 cm³/mol. The van der Waals surface area contributed by atoms with Crippen molar-refractivity contribution in [3.63, 3.8) is 0 Å². The van der Waals surface area contributed by atoms with E-state index in [-0.39, 0.29) is 17.9 Å². The van der Waals surface area contributed by atoms with Crippen LogP contribution in [0.4, 0.5) is 5.69 Å². The highest BCUT2D eigenvalue weighted by molar-refractivity contribution is 6.08. The minimum absolute atomic E-state index is 0.00755. The molecule has 0 saturated carbocycles. The molecule has 8 nitrogen and oxygen atoms in total. The van der Waals surface area contributed by atoms with Gasteiger partial charge in [-0.15, -0.1) is 0 Å². The molecule has 40 heavy (non-hydrogen) atoms. The first kappa shape index (κ1) is 27.8. The van der Waals surface area contributed by atoms with Gasteiger partial charge in [0.05, 0.1) is 6.42 Å². The molecule has 0 fully saturated rings. The minimum atomic E-state index is -2.43. The number of anilines is 1. The number of carboxylic acids is 2. The van der Waals surface area contributed by atoms with Crippen LogP contribution in [0, 0.1) is 6.92 Å². The summed E-state index contributed by atoms with van der Waals surface area (Å²) in [4.78, 5) is 49.5. The second kappa shape index (κ2) is 12.1. The fourth-order valence-electron chi connectivity index (χ4n) is 4.24. The van der Waals surface area contributed by atoms with Crippen LogP contribution in [0.2, 0.25) is 0 Å². The normalized spacial score (nSPS) is 10.9. The lowest BCUT2D eigenvalue weighted by Gasteiger charge is -2.25. The largest absolute Gasteiger partial charge is 0.480 e. The molecule has 0 heterocycles. The second-order valence-electron chi connectivity index (χ2n) is 9.28. The van der Waals surface area contributed by atoms with Gasteiger partial charge in [0.25, 0.3) is 5.91 Å². The summed E-state index contributed by atoms with van der Waals surface area (Å²) >= 11 is 0. The number of rotatable bonds is 10. The molecule has 1 amide bonds. The van der Waals surface area contributed by atoms with E-state index < -0.39 is 29.9 Å². The van der Waals surface area contributed by atoms with E-state index in [9.17, 15) is 29.4 Å². The van der Waals surface area contributed by atoms with Crippen LogP contribution >= 0.6 is 0 Å². The van der Waals surface area contributed by atoms with Gasteiger partial charge in [-0.05, 0) is 47.4 Å². The van der Waals surface area contributed by atoms with Gasteiger partial charge in [-0.25, -0.2) is 0 Å². The van der Waals surface area contributed by atoms with E-state index in [4.69, 9.17) is 4.74 Å². The number of carbonyl (C=O) groups is 4. The van der Waals surface area contributed by atoms with Crippen molar-refractivity contribution < 1.29 is 34.1 Å². The van der Waals surface area contributed by atoms with E-state index in [0.29, 0.717) is 16.8 Å². The number of amides is 1. The lowest BCUT2D eigenvalue weighted by Crippen LogP contribution is -2.48. The molecular formula is C32H27NO7. The molecule has 0 radical (unpaired) electrons. The molecule has 0 atom stereocenters. The Morgan fingerprint density at radius 3 is 1.98 bits per heavy atom. The van der Waals surface area contributed by atoms with Gasteiger partial charge < -0.3 is 20.3 Å². The summed E-state index contributed by atoms with van der Waals surface area (Å²) in [5, 5.41) is 22.3. The van der Waals surface area contributed by atoms with E-state index in [1.807, 2.05) is 43.3 Å². The summed E-state index contributed by atoms with van der Waals surface area (Å²) in [6.07, 6.45) is -0.214. The Morgan fingerprint density at radius 2 is 1.35 bits per heavy atom. The van der Waals surface area contributed by atoms with Crippen molar-refractivity contribution in [2.75, 3.05) is 11.9 Å². The molecule has 8 heteroatoms. The second-order valence-corrected chi connectivity index (χ2v) is 9.28. The maximum atomic E-state index is 13.1. The van der Waals surface area contributed by atoms with E-state index in [1.165, 1.54) is 24.3 Å². The summed E-state index contributed by atoms with van der Waals surface area (Å²) in [5.74, 6) is -4.35. The number of hydrogen-bond acceptors (Lipinski definition) is 5. The van der Waals surface area contributed by atoms with E-state index in [0.717, 1.165) is 16.7 Å². The molecule has 0 aliphatic rings. The smallest absolute Gasteiger partial charge is 0.329 e. The molecule has 3 N–H and O–H groups in total. The van der Waals surface area contributed by atoms with Crippen molar-refractivity contribution in [3.8, 4) is 11.1 Å². The number of nitrogens with one attached hydrogen (secondary N) is 1. The first-order valence-electron chi connectivity index (χ1n) is 12.4. The molecular weight excluding hydrogens is 510 g/mol. The number of ether oxygens (including phenoxy) is 1. The van der Waals surface area contributed by atoms with Gasteiger partial charge in [-0.1, -0.05) is 90.5 Å². The van der Waals surface area contributed by atoms with Crippen LogP contribution in [0.5, 0.6) is 0 Å². The monoisotopic (exact) mass is 537 g/mol. The highest BCUT2D eigenvalue weighted by Gasteiger charge is 2.50. The highest BCUT2D eigenvalue weighted by Crippen LogP contribution is 2.27. The Hall–Kier alpha value is -5.24. The summed E-state index contributed by atoms with van der Waals surface area (Å²) in [5.41, 5.74) is 1.97. The number of aryl methyl sites for hydroxylation is 1. The van der Waals surface area contributed by atoms with Crippen molar-refractivity contribution in [2.45, 2.75) is 18.8 Å². The fraction of sp³-hybridized carbons (Fsp3) is 0.125. The van der Waals surface area contributed by atoms with Gasteiger partial charge >= 0.3 is 17.9 Å². The van der Waals surface area contributed by atoms with E-state index in [2.05, 4.69) is 5.32 Å². The number of carboxylic acid groups (broad SMARTS) is 2. The number of aliphatic carboxylic acids is 2. The Kier molecular flexibility index (Phi) is 8.39. The van der Waals surface area contributed by atoms with Gasteiger partial charge in [0.2, 0.25) is 5.41 Å². The highest BCUT2D eigenvalue weighted by atomic mass is 16.5. The maximum absolute atomic E-state index is 13.1. The van der Waals surface area contributed by atoms with Crippen LogP contribution in [0.15, 0.2) is 103 Å². The summed E-state index contributed by atoms with van der Waals surface area (Å²) in [6, 6.07) is 29.1. The number of esters is 1. The quantitative estimate of drug-likeness (QED) is 0.189. The van der Waals surface area contributed by atoms with Crippen LogP contribution in [0.25, 0.3) is 11.1 Å². The minimum Gasteiger partial charge on any atom is -0.480 e. The lowest BCUT2D eigenvalue weighted by atomic mass is 9.81. The number of carbonyl (C=O) groups excluding carboxylic acids is 2. The van der Waals surface area contributed by atoms with Crippen molar-refractivity contribution >= 4 is 29.5 Å². The molecule has 0 aliphatic carbocycles. The molecule has 4 aromatic rings. The van der Waals surface area contributed by atoms with Gasteiger partial charge in [0.1, 0.15) is 6.61 Å². The third-order valence-electron chi connectivity index (χ3n) is 6.54. The van der Waals surface area contributed by atoms with E-state index >= 15 is 0 Å². The van der Waals surface area contributed by atoms with Crippen molar-refractivity contribution in [1.29, 1.82) is 0 Å². The standard InChI is InChI=1S/C32H27NO7/c1-21-11-15-23(16-12-21)26-9-5-6-10-27(26)29(35)33-25-17-13-22(14-18-25)19-28(34)40-20-32(30(36)37,31(38)39)24-7-3-2-4-8-24/h2-18H,19-20H2,1H3,(H,33,35)(H,36,37)(H,38,39). The topological polar surface area (TPSA) is 130 Å². The van der Waals surface area contributed by atoms with Crippen LogP contribution in [-0.2, 0) is 31.0 Å². The molecule has 4 aromatic carbocycles. The molecule has 0 saturated heterocycles. The van der Waals surface area contributed by atoms with Gasteiger partial charge in [0.15, 0.2) is 0 Å². The molecule has 0 aliphatic heterocycles. The Labute approximate surface area is 230 Å². The number of benzene rings is 4. The summed E-state index contributed by atoms with van der Waals surface area (Å²) < 4.78 is 5.13. The summed E-state index contributed by atoms with van der Waals surface area (Å²) in [7, 11) is 0. The van der Waals surface area contributed by atoms with Crippen molar-refractivity contribution in [3.05, 3.63) is 125 Å². The zero-order chi connectivity index (χ0) is 28.7. The fourth-order valence-corrected chi connectivity index (χ4v) is 4.24. The van der Waals surface area contributed by atoms with Crippen LogP contribution in [-0.4, -0.2) is 40.6 Å². The lowest BCUT2D eigenvalue weighted by molar-refractivity contribution is -0.163. The SMILES string of the molecule is Cc1ccc(-c2ccccc2C(=O)Nc2ccc(CC(=O)OCC(C(=O)O)(C(=O)O)c3ccccc3)cc2)cc1. The Morgan fingerprint density at radius 1 is 0.750 bits per heavy atom. The van der Waals surface area contributed by atoms with Gasteiger partial charge in [0, 0.05) is 11.3 Å². The molecule has 202 valence electrons. The van der Waals surface area contributed by atoms with Crippen LogP contribution < -0.4 is 5.32 Å². The molecule has 0 unspecified atom stereocenters. The molecule has 0 bridgehead atoms. The van der Waals surface area contributed by atoms with E-state index in [1.54, 1.807) is 42.5 Å². The average molecular weight is 538 g/mol. The van der Waals surface area contributed by atoms with Crippen molar-refractivity contribution in [1.82, 2.24) is 0 Å². The third-order valence-corrected chi connectivity index (χ3v) is 6.54. The number of hydrogen-bond donors (Lipinski definition) is 3. The first-order valence-corrected chi connectivity index (χ1v) is 12.4. The molecule has 0 spiro atoms. The average Bonchev–Trinajstić information content (AvgIpc) is 2.95. The molecule has 0 aromatic heterocycles. The Bertz CT molecular complexity index is 1510. The zero-order valence-electron chi connectivity index (χ0n) is 21.7. The van der Waals surface area contributed by atoms with Crippen LogP contribution in [0.3, 0.4) is 0 Å². The predicted octanol–water partition coefficient (Wildman–Crippen LogP) is 5.11. The van der Waals surface area contributed by atoms with Gasteiger partial charge in [-0.3, -0.25) is 19.2 Å². The van der Waals surface area contributed by atoms with Crippen molar-refractivity contribution in [2.24, 2.45) is 0 Å². The third kappa shape index (κ3) is 6.07. The van der Waals surface area contributed by atoms with Gasteiger partial charge in [-0.2, -0.15) is 0 Å². The Balaban J connectivity index is 1.41. The summed E-state index contributed by atoms with van der Waals surface area (Å²) in [6.45, 7) is 1.13. The van der Waals surface area contributed by atoms with Crippen LogP contribution in [0.1, 0.15) is 27.0 Å². The molecule has 4 rings (SSSR count). The zero-order valence-corrected chi connectivity index (χ0v) is 21.7. The maximum Gasteiger partial charge on any atom is 0.329 e.